The minimum Gasteiger partial charge on any atom is -0.504 e. The molecule has 0 aliphatic heterocycles. The largest absolute Gasteiger partial charge is 0.504 e. The van der Waals surface area contributed by atoms with Crippen molar-refractivity contribution in [2.24, 2.45) is 5.18 Å². The molecule has 0 unspecified atom stereocenters. The summed E-state index contributed by atoms with van der Waals surface area (Å²) in [4.78, 5) is 10.0. The Hall–Kier alpha value is -1.78. The van der Waals surface area contributed by atoms with Gasteiger partial charge in [0.15, 0.2) is 11.4 Å². The normalized spacial score (nSPS) is 9.45. The third-order valence-corrected chi connectivity index (χ3v) is 1.24. The van der Waals surface area contributed by atoms with E-state index in [4.69, 9.17) is 16.6 Å². The Kier molecular flexibility index (Phi) is 1.63. The molecule has 0 saturated heterocycles. The number of hydrogen-bond donors (Lipinski definition) is 3. The van der Waals surface area contributed by atoms with E-state index in [1.807, 2.05) is 0 Å². The van der Waals surface area contributed by atoms with Crippen molar-refractivity contribution >= 4 is 17.1 Å². The van der Waals surface area contributed by atoms with Crippen molar-refractivity contribution in [3.05, 3.63) is 17.0 Å². The molecule has 0 aromatic heterocycles. The van der Waals surface area contributed by atoms with Crippen molar-refractivity contribution < 1.29 is 5.11 Å². The smallest absolute Gasteiger partial charge is 0.168 e. The molecule has 58 valence electrons. The van der Waals surface area contributed by atoms with Crippen LogP contribution in [0.3, 0.4) is 0 Å². The van der Waals surface area contributed by atoms with Crippen molar-refractivity contribution in [3.8, 4) is 5.75 Å². The van der Waals surface area contributed by atoms with Crippen LogP contribution in [0, 0.1) is 4.91 Å². The molecule has 1 aromatic rings. The zero-order valence-electron chi connectivity index (χ0n) is 5.61. The highest BCUT2D eigenvalue weighted by Crippen LogP contribution is 2.34. The van der Waals surface area contributed by atoms with Crippen LogP contribution in [0.1, 0.15) is 0 Å². The molecule has 5 heteroatoms. The number of nitroso groups, excluding NO2 is 1. The van der Waals surface area contributed by atoms with E-state index in [1.165, 1.54) is 12.1 Å². The van der Waals surface area contributed by atoms with Crippen LogP contribution >= 0.6 is 0 Å². The van der Waals surface area contributed by atoms with Crippen molar-refractivity contribution in [3.63, 3.8) is 0 Å². The molecule has 0 spiro atoms. The van der Waals surface area contributed by atoms with Gasteiger partial charge in [0.2, 0.25) is 0 Å². The maximum Gasteiger partial charge on any atom is 0.168 e. The van der Waals surface area contributed by atoms with Gasteiger partial charge in [-0.3, -0.25) is 0 Å². The molecule has 1 rings (SSSR count). The molecule has 0 saturated carbocycles. The summed E-state index contributed by atoms with van der Waals surface area (Å²) in [6.45, 7) is 0. The number of nitrogen functional groups attached to an aromatic ring is 2. The molecular formula is C6H7N3O2. The van der Waals surface area contributed by atoms with Gasteiger partial charge in [-0.15, -0.1) is 4.91 Å². The molecule has 0 amide bonds. The van der Waals surface area contributed by atoms with E-state index >= 15 is 0 Å². The molecule has 5 N–H and O–H groups in total. The van der Waals surface area contributed by atoms with Crippen molar-refractivity contribution in [2.45, 2.75) is 0 Å². The van der Waals surface area contributed by atoms with Crippen LogP contribution in [0.4, 0.5) is 17.1 Å². The van der Waals surface area contributed by atoms with Gasteiger partial charge in [0, 0.05) is 5.69 Å². The van der Waals surface area contributed by atoms with E-state index in [0.29, 0.717) is 5.69 Å². The Balaban J connectivity index is 3.35. The van der Waals surface area contributed by atoms with Gasteiger partial charge in [0.25, 0.3) is 0 Å². The molecule has 0 radical (unpaired) electrons. The summed E-state index contributed by atoms with van der Waals surface area (Å²) in [6.07, 6.45) is 0. The second-order valence-corrected chi connectivity index (χ2v) is 2.07. The lowest BCUT2D eigenvalue weighted by molar-refractivity contribution is 0.479. The summed E-state index contributed by atoms with van der Waals surface area (Å²) in [5.41, 5.74) is 10.8. The standard InChI is InChI=1S/C6H7N3O2/c7-3-1-4(8)6(10)5(2-3)9-11/h1-2,10H,7-8H2. The summed E-state index contributed by atoms with van der Waals surface area (Å²) < 4.78 is 0. The fourth-order valence-corrected chi connectivity index (χ4v) is 0.733. The lowest BCUT2D eigenvalue weighted by Crippen LogP contribution is -1.90. The summed E-state index contributed by atoms with van der Waals surface area (Å²) >= 11 is 0. The Labute approximate surface area is 62.6 Å². The molecular weight excluding hydrogens is 146 g/mol. The van der Waals surface area contributed by atoms with E-state index in [1.54, 1.807) is 0 Å². The summed E-state index contributed by atoms with van der Waals surface area (Å²) in [5.74, 6) is -0.325. The van der Waals surface area contributed by atoms with Crippen molar-refractivity contribution in [1.82, 2.24) is 0 Å². The van der Waals surface area contributed by atoms with Crippen LogP contribution in [0.25, 0.3) is 0 Å². The first-order chi connectivity index (χ1) is 5.15. The van der Waals surface area contributed by atoms with E-state index in [9.17, 15) is 4.91 Å². The molecule has 0 heterocycles. The van der Waals surface area contributed by atoms with Crippen molar-refractivity contribution in [2.75, 3.05) is 11.5 Å². The van der Waals surface area contributed by atoms with E-state index < -0.39 is 0 Å². The van der Waals surface area contributed by atoms with Gasteiger partial charge < -0.3 is 16.6 Å². The van der Waals surface area contributed by atoms with Gasteiger partial charge >= 0.3 is 0 Å². The van der Waals surface area contributed by atoms with Gasteiger partial charge in [-0.25, -0.2) is 0 Å². The first-order valence-electron chi connectivity index (χ1n) is 2.86. The number of anilines is 2. The molecule has 0 atom stereocenters. The fourth-order valence-electron chi connectivity index (χ4n) is 0.733. The van der Waals surface area contributed by atoms with Crippen LogP contribution in [0.2, 0.25) is 0 Å². The second-order valence-electron chi connectivity index (χ2n) is 2.07. The second kappa shape index (κ2) is 2.45. The number of nitrogens with zero attached hydrogens (tertiary/aromatic N) is 1. The molecule has 0 bridgehead atoms. The predicted octanol–water partition coefficient (Wildman–Crippen LogP) is 0.954. The highest BCUT2D eigenvalue weighted by molar-refractivity contribution is 5.72. The molecule has 0 fully saturated rings. The van der Waals surface area contributed by atoms with Crippen LogP contribution in [0.5, 0.6) is 5.75 Å². The Morgan fingerprint density at radius 3 is 2.55 bits per heavy atom. The lowest BCUT2D eigenvalue weighted by atomic mass is 10.2. The van der Waals surface area contributed by atoms with Gasteiger partial charge in [-0.05, 0) is 17.3 Å². The van der Waals surface area contributed by atoms with Crippen LogP contribution in [-0.2, 0) is 0 Å². The van der Waals surface area contributed by atoms with E-state index in [-0.39, 0.29) is 17.1 Å². The monoisotopic (exact) mass is 153 g/mol. The van der Waals surface area contributed by atoms with Gasteiger partial charge in [0.05, 0.1) is 5.69 Å². The number of phenols is 1. The maximum atomic E-state index is 10.0. The number of rotatable bonds is 1. The number of benzene rings is 1. The van der Waals surface area contributed by atoms with Crippen LogP contribution in [0.15, 0.2) is 17.3 Å². The average molecular weight is 153 g/mol. The third-order valence-electron chi connectivity index (χ3n) is 1.24. The summed E-state index contributed by atoms with van der Waals surface area (Å²) in [6, 6.07) is 2.60. The molecule has 1 aromatic carbocycles. The Morgan fingerprint density at radius 2 is 2.00 bits per heavy atom. The topological polar surface area (TPSA) is 102 Å². The van der Waals surface area contributed by atoms with Gasteiger partial charge in [-0.1, -0.05) is 0 Å². The molecule has 0 aliphatic carbocycles. The molecule has 0 aliphatic rings. The number of nitrogens with two attached hydrogens (primary N) is 2. The maximum absolute atomic E-state index is 10.0. The Bertz CT molecular complexity index is 298. The van der Waals surface area contributed by atoms with Gasteiger partial charge in [0.1, 0.15) is 0 Å². The molecule has 5 nitrogen and oxygen atoms in total. The highest BCUT2D eigenvalue weighted by Gasteiger charge is 2.05. The average Bonchev–Trinajstić information content (AvgIpc) is 1.96. The lowest BCUT2D eigenvalue weighted by Gasteiger charge is -2.00. The van der Waals surface area contributed by atoms with Gasteiger partial charge in [-0.2, -0.15) is 0 Å². The van der Waals surface area contributed by atoms with Crippen LogP contribution < -0.4 is 11.5 Å². The predicted molar refractivity (Wildman–Crippen MR) is 42.4 cm³/mol. The minimum atomic E-state index is -0.325. The van der Waals surface area contributed by atoms with E-state index in [2.05, 4.69) is 5.18 Å². The number of hydrogen-bond acceptors (Lipinski definition) is 5. The minimum absolute atomic E-state index is 0.0552. The highest BCUT2D eigenvalue weighted by atomic mass is 16.3. The van der Waals surface area contributed by atoms with E-state index in [0.717, 1.165) is 0 Å². The first-order valence-corrected chi connectivity index (χ1v) is 2.86. The molecule has 11 heavy (non-hydrogen) atoms. The van der Waals surface area contributed by atoms with Crippen LogP contribution in [-0.4, -0.2) is 5.11 Å². The SMILES string of the molecule is Nc1cc(N)c(O)c(N=O)c1. The quantitative estimate of drug-likeness (QED) is 0.242. The zero-order valence-corrected chi connectivity index (χ0v) is 5.61. The number of phenolic OH excluding ortho intramolecular Hbond substituents is 1. The zero-order chi connectivity index (χ0) is 8.43. The number of aromatic hydroxyl groups is 1. The third kappa shape index (κ3) is 1.21. The summed E-state index contributed by atoms with van der Waals surface area (Å²) in [5, 5.41) is 11.6. The fraction of sp³-hybridized carbons (Fsp3) is 0. The van der Waals surface area contributed by atoms with Crippen molar-refractivity contribution in [1.29, 1.82) is 0 Å². The Morgan fingerprint density at radius 1 is 1.36 bits per heavy atom. The summed E-state index contributed by atoms with van der Waals surface area (Å²) in [7, 11) is 0. The first kappa shape index (κ1) is 7.33.